The van der Waals surface area contributed by atoms with E-state index in [2.05, 4.69) is 19.2 Å². The zero-order valence-corrected chi connectivity index (χ0v) is 38.6. The number of phosphoric ester groups is 1. The predicted molar refractivity (Wildman–Crippen MR) is 242 cm³/mol. The summed E-state index contributed by atoms with van der Waals surface area (Å²) in [6.07, 6.45) is 44.3. The Kier molecular flexibility index (Phi) is 43.1. The van der Waals surface area contributed by atoms with Gasteiger partial charge in [0.2, 0.25) is 5.91 Å². The number of phosphoric acid groups is 1. The molecular formula is C47H97N2O7P. The van der Waals surface area contributed by atoms with Gasteiger partial charge in [-0.2, -0.15) is 0 Å². The van der Waals surface area contributed by atoms with E-state index in [0.717, 1.165) is 38.5 Å². The lowest BCUT2D eigenvalue weighted by molar-refractivity contribution is -0.125. The number of nitrogens with two attached hydrogens (primary N) is 1. The molecule has 0 heterocycles. The van der Waals surface area contributed by atoms with Crippen molar-refractivity contribution in [2.45, 2.75) is 276 Å². The van der Waals surface area contributed by atoms with Crippen molar-refractivity contribution < 1.29 is 33.5 Å². The van der Waals surface area contributed by atoms with Gasteiger partial charge in [0.15, 0.2) is 0 Å². The van der Waals surface area contributed by atoms with Crippen LogP contribution in [0.3, 0.4) is 0 Å². The van der Waals surface area contributed by atoms with E-state index >= 15 is 0 Å². The lowest BCUT2D eigenvalue weighted by atomic mass is 10.0. The van der Waals surface area contributed by atoms with E-state index in [1.165, 1.54) is 186 Å². The Morgan fingerprint density at radius 3 is 1.18 bits per heavy atom. The number of aliphatic hydroxyl groups is 2. The van der Waals surface area contributed by atoms with E-state index in [-0.39, 0.29) is 26.2 Å². The molecular weight excluding hydrogens is 735 g/mol. The molecule has 0 aliphatic rings. The number of unbranched alkanes of at least 4 members (excludes halogenated alkanes) is 33. The predicted octanol–water partition coefficient (Wildman–Crippen LogP) is 13.1. The van der Waals surface area contributed by atoms with Gasteiger partial charge in [0.25, 0.3) is 0 Å². The summed E-state index contributed by atoms with van der Waals surface area (Å²) in [6.45, 7) is 4.09. The molecule has 57 heavy (non-hydrogen) atoms. The van der Waals surface area contributed by atoms with Crippen LogP contribution in [0.15, 0.2) is 0 Å². The Labute approximate surface area is 353 Å². The van der Waals surface area contributed by atoms with Crippen molar-refractivity contribution in [1.82, 2.24) is 5.32 Å². The Bertz CT molecular complexity index is 883. The second kappa shape index (κ2) is 43.5. The Morgan fingerprint density at radius 1 is 0.526 bits per heavy atom. The summed E-state index contributed by atoms with van der Waals surface area (Å²) in [6, 6.07) is -0.891. The normalized spacial score (nSPS) is 14.4. The standard InChI is InChI=1S/C47H97N2O7P/c1-3-5-7-9-11-13-15-17-19-20-21-22-23-25-27-29-31-33-35-37-39-46(51)45(43-56-57(53,54)55-41-40-48)49-47(52)42-44(50)38-36-34-32-30-28-26-24-18-16-14-12-10-8-6-4-2/h44-46,50-51H,3-43,48H2,1-2H3,(H,49,52)(H,53,54). The average molecular weight is 833 g/mol. The molecule has 0 saturated carbocycles. The molecule has 6 N–H and O–H groups in total. The van der Waals surface area contributed by atoms with E-state index in [1.807, 2.05) is 0 Å². The van der Waals surface area contributed by atoms with Crippen LogP contribution in [0.25, 0.3) is 0 Å². The van der Waals surface area contributed by atoms with Gasteiger partial charge in [-0.05, 0) is 12.8 Å². The van der Waals surface area contributed by atoms with Crippen LogP contribution < -0.4 is 11.1 Å². The van der Waals surface area contributed by atoms with Crippen LogP contribution in [0.2, 0.25) is 0 Å². The van der Waals surface area contributed by atoms with Crippen LogP contribution in [0.4, 0.5) is 0 Å². The highest BCUT2D eigenvalue weighted by molar-refractivity contribution is 7.47. The minimum Gasteiger partial charge on any atom is -0.393 e. The summed E-state index contributed by atoms with van der Waals surface area (Å²) >= 11 is 0. The number of nitrogens with one attached hydrogen (secondary N) is 1. The smallest absolute Gasteiger partial charge is 0.393 e. The third-order valence-corrected chi connectivity index (χ3v) is 12.5. The third-order valence-electron chi connectivity index (χ3n) is 11.5. The van der Waals surface area contributed by atoms with Gasteiger partial charge in [0.1, 0.15) is 0 Å². The lowest BCUT2D eigenvalue weighted by Crippen LogP contribution is -2.47. The zero-order chi connectivity index (χ0) is 41.9. The average Bonchev–Trinajstić information content (AvgIpc) is 3.19. The van der Waals surface area contributed by atoms with Crippen molar-refractivity contribution in [2.24, 2.45) is 5.73 Å². The molecule has 0 aliphatic carbocycles. The number of amides is 1. The maximum Gasteiger partial charge on any atom is 0.472 e. The molecule has 1 amide bonds. The molecule has 0 fully saturated rings. The molecule has 10 heteroatoms. The van der Waals surface area contributed by atoms with Gasteiger partial charge in [-0.15, -0.1) is 0 Å². The van der Waals surface area contributed by atoms with Gasteiger partial charge in [0, 0.05) is 6.54 Å². The highest BCUT2D eigenvalue weighted by Crippen LogP contribution is 2.43. The molecule has 0 saturated heterocycles. The first-order valence-corrected chi connectivity index (χ1v) is 26.2. The zero-order valence-electron chi connectivity index (χ0n) is 37.7. The van der Waals surface area contributed by atoms with Gasteiger partial charge in [-0.1, -0.05) is 239 Å². The van der Waals surface area contributed by atoms with E-state index in [9.17, 15) is 24.5 Å². The lowest BCUT2D eigenvalue weighted by Gasteiger charge is -2.25. The molecule has 0 aromatic carbocycles. The maximum atomic E-state index is 12.9. The van der Waals surface area contributed by atoms with Crippen molar-refractivity contribution in [1.29, 1.82) is 0 Å². The first-order chi connectivity index (χ1) is 27.8. The Hall–Kier alpha value is -0.540. The van der Waals surface area contributed by atoms with Gasteiger partial charge >= 0.3 is 7.82 Å². The Morgan fingerprint density at radius 2 is 0.842 bits per heavy atom. The van der Waals surface area contributed by atoms with Crippen molar-refractivity contribution >= 4 is 13.7 Å². The summed E-state index contributed by atoms with van der Waals surface area (Å²) in [5.41, 5.74) is 5.38. The van der Waals surface area contributed by atoms with E-state index in [4.69, 9.17) is 14.8 Å². The molecule has 0 aromatic heterocycles. The third kappa shape index (κ3) is 42.0. The summed E-state index contributed by atoms with van der Waals surface area (Å²) < 4.78 is 22.2. The van der Waals surface area contributed by atoms with Gasteiger partial charge in [-0.25, -0.2) is 4.57 Å². The number of rotatable bonds is 47. The van der Waals surface area contributed by atoms with Gasteiger partial charge in [-0.3, -0.25) is 13.8 Å². The van der Waals surface area contributed by atoms with E-state index < -0.39 is 32.0 Å². The monoisotopic (exact) mass is 833 g/mol. The molecule has 0 rings (SSSR count). The molecule has 4 unspecified atom stereocenters. The molecule has 0 radical (unpaired) electrons. The molecule has 0 spiro atoms. The Balaban J connectivity index is 4.14. The highest BCUT2D eigenvalue weighted by atomic mass is 31.2. The van der Waals surface area contributed by atoms with Crippen molar-refractivity contribution in [3.63, 3.8) is 0 Å². The number of hydrogen-bond acceptors (Lipinski definition) is 7. The molecule has 9 nitrogen and oxygen atoms in total. The van der Waals surface area contributed by atoms with Crippen LogP contribution in [-0.4, -0.2) is 59.0 Å². The van der Waals surface area contributed by atoms with Gasteiger partial charge in [0.05, 0.1) is 37.9 Å². The van der Waals surface area contributed by atoms with Crippen molar-refractivity contribution in [2.75, 3.05) is 19.8 Å². The minimum atomic E-state index is -4.37. The fourth-order valence-electron chi connectivity index (χ4n) is 7.77. The van der Waals surface area contributed by atoms with Crippen molar-refractivity contribution in [3.8, 4) is 0 Å². The second-order valence-electron chi connectivity index (χ2n) is 17.2. The first kappa shape index (κ1) is 56.5. The quantitative estimate of drug-likeness (QED) is 0.0300. The maximum absolute atomic E-state index is 12.9. The van der Waals surface area contributed by atoms with E-state index in [1.54, 1.807) is 0 Å². The fourth-order valence-corrected chi connectivity index (χ4v) is 8.53. The number of aliphatic hydroxyl groups excluding tert-OH is 2. The molecule has 0 bridgehead atoms. The molecule has 0 aliphatic heterocycles. The summed E-state index contributed by atoms with van der Waals surface area (Å²) in [7, 11) is -4.37. The van der Waals surface area contributed by atoms with Crippen LogP contribution in [0, 0.1) is 0 Å². The van der Waals surface area contributed by atoms with E-state index in [0.29, 0.717) is 12.8 Å². The second-order valence-corrected chi connectivity index (χ2v) is 18.7. The number of carbonyl (C=O) groups excluding carboxylic acids is 1. The van der Waals surface area contributed by atoms with Crippen LogP contribution >= 0.6 is 7.82 Å². The largest absolute Gasteiger partial charge is 0.472 e. The SMILES string of the molecule is CCCCCCCCCCCCCCCCCCCCCCC(O)C(COP(=O)(O)OCCN)NC(=O)CC(O)CCCCCCCCCCCCCCCCC. The summed E-state index contributed by atoms with van der Waals surface area (Å²) in [5.74, 6) is -0.407. The molecule has 342 valence electrons. The molecule has 4 atom stereocenters. The summed E-state index contributed by atoms with van der Waals surface area (Å²) in [5, 5.41) is 24.3. The van der Waals surface area contributed by atoms with Crippen LogP contribution in [-0.2, 0) is 18.4 Å². The van der Waals surface area contributed by atoms with Crippen LogP contribution in [0.1, 0.15) is 258 Å². The topological polar surface area (TPSA) is 151 Å². The molecule has 0 aromatic rings. The number of carbonyl (C=O) groups is 1. The summed E-state index contributed by atoms with van der Waals surface area (Å²) in [4.78, 5) is 22.9. The van der Waals surface area contributed by atoms with Crippen LogP contribution in [0.5, 0.6) is 0 Å². The highest BCUT2D eigenvalue weighted by Gasteiger charge is 2.28. The fraction of sp³-hybridized carbons (Fsp3) is 0.979. The first-order valence-electron chi connectivity index (χ1n) is 24.7. The minimum absolute atomic E-state index is 0.0629. The van der Waals surface area contributed by atoms with Gasteiger partial charge < -0.3 is 26.2 Å². The number of hydrogen-bond donors (Lipinski definition) is 5. The van der Waals surface area contributed by atoms with Crippen molar-refractivity contribution in [3.05, 3.63) is 0 Å².